The quantitative estimate of drug-likeness (QED) is 0.284. The summed E-state index contributed by atoms with van der Waals surface area (Å²) in [4.78, 5) is 24.7. The predicted octanol–water partition coefficient (Wildman–Crippen LogP) is 4.57. The van der Waals surface area contributed by atoms with Crippen LogP contribution >= 0.6 is 15.9 Å². The highest BCUT2D eigenvalue weighted by atomic mass is 79.9. The summed E-state index contributed by atoms with van der Waals surface area (Å²) in [5, 5.41) is 15.9. The van der Waals surface area contributed by atoms with Gasteiger partial charge in [0.25, 0.3) is 11.8 Å². The number of hydrogen-bond donors (Lipinski definition) is 2. The first-order valence-electron chi connectivity index (χ1n) is 11.2. The lowest BCUT2D eigenvalue weighted by Gasteiger charge is -2.13. The molecule has 3 aromatic carbocycles. The molecule has 1 atom stereocenters. The lowest BCUT2D eigenvalue weighted by Crippen LogP contribution is -2.43. The maximum absolute atomic E-state index is 12.4. The highest BCUT2D eigenvalue weighted by Crippen LogP contribution is 2.29. The SMILES string of the molecule is CCOc1cc(C=NNC(=O)C(C)NC(=O)c2ccccc2Br)ccc1OCc1ccccc1C#N. The fourth-order valence-corrected chi connectivity index (χ4v) is 3.62. The summed E-state index contributed by atoms with van der Waals surface area (Å²) in [6.07, 6.45) is 1.47. The van der Waals surface area contributed by atoms with Crippen molar-refractivity contribution >= 4 is 34.0 Å². The molecule has 0 spiro atoms. The molecule has 0 radical (unpaired) electrons. The minimum atomic E-state index is -0.798. The number of carbonyl (C=O) groups is 2. The van der Waals surface area contributed by atoms with E-state index in [2.05, 4.69) is 37.8 Å². The normalized spacial score (nSPS) is 11.4. The first kappa shape index (κ1) is 26.4. The first-order chi connectivity index (χ1) is 17.4. The maximum atomic E-state index is 12.4. The number of carbonyl (C=O) groups excluding carboxylic acids is 2. The van der Waals surface area contributed by atoms with Crippen molar-refractivity contribution in [1.82, 2.24) is 10.7 Å². The summed E-state index contributed by atoms with van der Waals surface area (Å²) in [6.45, 7) is 4.08. The van der Waals surface area contributed by atoms with Crippen LogP contribution in [0.3, 0.4) is 0 Å². The second-order valence-corrected chi connectivity index (χ2v) is 8.46. The van der Waals surface area contributed by atoms with E-state index in [0.717, 1.165) is 5.56 Å². The van der Waals surface area contributed by atoms with Gasteiger partial charge in [-0.1, -0.05) is 30.3 Å². The zero-order chi connectivity index (χ0) is 25.9. The first-order valence-corrected chi connectivity index (χ1v) is 12.0. The van der Waals surface area contributed by atoms with Gasteiger partial charge < -0.3 is 14.8 Å². The average Bonchev–Trinajstić information content (AvgIpc) is 2.88. The van der Waals surface area contributed by atoms with E-state index in [9.17, 15) is 14.9 Å². The second kappa shape index (κ2) is 13.1. The third-order valence-electron chi connectivity index (χ3n) is 5.04. The van der Waals surface area contributed by atoms with Gasteiger partial charge >= 0.3 is 0 Å². The highest BCUT2D eigenvalue weighted by Gasteiger charge is 2.17. The largest absolute Gasteiger partial charge is 0.490 e. The van der Waals surface area contributed by atoms with Crippen LogP contribution in [0.25, 0.3) is 0 Å². The minimum absolute atomic E-state index is 0.219. The number of hydrogen-bond acceptors (Lipinski definition) is 6. The Kier molecular flexibility index (Phi) is 9.60. The number of amides is 2. The summed E-state index contributed by atoms with van der Waals surface area (Å²) >= 11 is 3.32. The Labute approximate surface area is 218 Å². The molecule has 2 amide bonds. The highest BCUT2D eigenvalue weighted by molar-refractivity contribution is 9.10. The molecule has 184 valence electrons. The van der Waals surface area contributed by atoms with Crippen LogP contribution in [0, 0.1) is 11.3 Å². The van der Waals surface area contributed by atoms with Gasteiger partial charge in [0, 0.05) is 10.0 Å². The number of halogens is 1. The smallest absolute Gasteiger partial charge is 0.262 e. The second-order valence-electron chi connectivity index (χ2n) is 7.61. The van der Waals surface area contributed by atoms with Crippen molar-refractivity contribution < 1.29 is 19.1 Å². The van der Waals surface area contributed by atoms with Gasteiger partial charge in [-0.3, -0.25) is 9.59 Å². The van der Waals surface area contributed by atoms with Crippen molar-refractivity contribution in [2.45, 2.75) is 26.5 Å². The molecule has 0 heterocycles. The average molecular weight is 549 g/mol. The minimum Gasteiger partial charge on any atom is -0.490 e. The molecule has 0 saturated carbocycles. The zero-order valence-corrected chi connectivity index (χ0v) is 21.4. The number of benzene rings is 3. The Morgan fingerprint density at radius 2 is 1.83 bits per heavy atom. The van der Waals surface area contributed by atoms with Crippen molar-refractivity contribution in [2.24, 2.45) is 5.10 Å². The number of nitrogens with one attached hydrogen (secondary N) is 2. The van der Waals surface area contributed by atoms with Crippen LogP contribution in [0.15, 0.2) is 76.3 Å². The fourth-order valence-electron chi connectivity index (χ4n) is 3.16. The van der Waals surface area contributed by atoms with Gasteiger partial charge in [-0.25, -0.2) is 5.43 Å². The van der Waals surface area contributed by atoms with Gasteiger partial charge in [-0.05, 0) is 71.7 Å². The van der Waals surface area contributed by atoms with Crippen LogP contribution in [-0.2, 0) is 11.4 Å². The van der Waals surface area contributed by atoms with E-state index in [4.69, 9.17) is 9.47 Å². The van der Waals surface area contributed by atoms with Crippen LogP contribution in [0.1, 0.15) is 40.9 Å². The van der Waals surface area contributed by atoms with Gasteiger partial charge in [0.2, 0.25) is 0 Å². The summed E-state index contributed by atoms with van der Waals surface area (Å²) in [7, 11) is 0. The van der Waals surface area contributed by atoms with Crippen LogP contribution in [0.5, 0.6) is 11.5 Å². The molecule has 0 fully saturated rings. The van der Waals surface area contributed by atoms with Crippen molar-refractivity contribution in [3.05, 3.63) is 93.5 Å². The Balaban J connectivity index is 1.60. The monoisotopic (exact) mass is 548 g/mol. The van der Waals surface area contributed by atoms with Gasteiger partial charge in [-0.2, -0.15) is 10.4 Å². The van der Waals surface area contributed by atoms with E-state index in [1.807, 2.05) is 19.1 Å². The lowest BCUT2D eigenvalue weighted by atomic mass is 10.1. The fraction of sp³-hybridized carbons (Fsp3) is 0.185. The van der Waals surface area contributed by atoms with Crippen molar-refractivity contribution in [1.29, 1.82) is 5.26 Å². The van der Waals surface area contributed by atoms with Gasteiger partial charge in [0.1, 0.15) is 12.6 Å². The summed E-state index contributed by atoms with van der Waals surface area (Å²) in [5.74, 6) is 0.196. The van der Waals surface area contributed by atoms with Crippen LogP contribution in [0.4, 0.5) is 0 Å². The molecular weight excluding hydrogens is 524 g/mol. The van der Waals surface area contributed by atoms with Crippen molar-refractivity contribution in [2.75, 3.05) is 6.61 Å². The lowest BCUT2D eigenvalue weighted by molar-refractivity contribution is -0.122. The molecule has 0 aliphatic carbocycles. The Morgan fingerprint density at radius 1 is 1.08 bits per heavy atom. The van der Waals surface area contributed by atoms with Gasteiger partial charge in [0.05, 0.1) is 30.0 Å². The summed E-state index contributed by atoms with van der Waals surface area (Å²) in [5.41, 5.74) is 4.86. The number of rotatable bonds is 10. The molecule has 0 bridgehead atoms. The molecule has 8 nitrogen and oxygen atoms in total. The molecular formula is C27H25BrN4O4. The molecule has 0 aliphatic heterocycles. The van der Waals surface area contributed by atoms with Gasteiger partial charge in [-0.15, -0.1) is 0 Å². The maximum Gasteiger partial charge on any atom is 0.262 e. The van der Waals surface area contributed by atoms with E-state index in [1.54, 1.807) is 61.5 Å². The Hall–Kier alpha value is -4.16. The molecule has 36 heavy (non-hydrogen) atoms. The van der Waals surface area contributed by atoms with E-state index in [1.165, 1.54) is 6.21 Å². The van der Waals surface area contributed by atoms with Crippen LogP contribution < -0.4 is 20.2 Å². The summed E-state index contributed by atoms with van der Waals surface area (Å²) < 4.78 is 12.2. The Bertz CT molecular complexity index is 1300. The third-order valence-corrected chi connectivity index (χ3v) is 5.73. The number of ether oxygens (including phenoxy) is 2. The van der Waals surface area contributed by atoms with Crippen LogP contribution in [0.2, 0.25) is 0 Å². The standard InChI is InChI=1S/C27H25BrN4O4/c1-3-35-25-14-19(12-13-24(25)36-17-21-9-5-4-8-20(21)15-29)16-30-32-26(33)18(2)31-27(34)22-10-6-7-11-23(22)28/h4-14,16,18H,3,17H2,1-2H3,(H,31,34)(H,32,33). The van der Waals surface area contributed by atoms with Crippen molar-refractivity contribution in [3.8, 4) is 17.6 Å². The van der Waals surface area contributed by atoms with E-state index >= 15 is 0 Å². The topological polar surface area (TPSA) is 113 Å². The molecule has 3 rings (SSSR count). The Morgan fingerprint density at radius 3 is 2.58 bits per heavy atom. The predicted molar refractivity (Wildman–Crippen MR) is 140 cm³/mol. The molecule has 9 heteroatoms. The van der Waals surface area contributed by atoms with Gasteiger partial charge in [0.15, 0.2) is 11.5 Å². The number of nitrogens with zero attached hydrogens (tertiary/aromatic N) is 2. The number of nitriles is 1. The van der Waals surface area contributed by atoms with E-state index in [-0.39, 0.29) is 12.5 Å². The molecule has 0 saturated heterocycles. The summed E-state index contributed by atoms with van der Waals surface area (Å²) in [6, 6.07) is 20.8. The molecule has 2 N–H and O–H groups in total. The molecule has 1 unspecified atom stereocenters. The zero-order valence-electron chi connectivity index (χ0n) is 19.8. The van der Waals surface area contributed by atoms with E-state index < -0.39 is 11.9 Å². The van der Waals surface area contributed by atoms with Crippen molar-refractivity contribution in [3.63, 3.8) is 0 Å². The van der Waals surface area contributed by atoms with E-state index in [0.29, 0.717) is 39.3 Å². The van der Waals surface area contributed by atoms with Crippen LogP contribution in [-0.4, -0.2) is 30.7 Å². The molecule has 3 aromatic rings. The molecule has 0 aliphatic rings. The third kappa shape index (κ3) is 7.17. The molecule has 0 aromatic heterocycles. The number of hydrazone groups is 1.